The molecule has 0 N–H and O–H groups in total. The number of aromatic nitrogens is 1. The molecule has 5 rings (SSSR count). The molecule has 1 aliphatic heterocycles. The fraction of sp³-hybridized carbons (Fsp3) is 0.207. The Hall–Kier alpha value is -3.68. The van der Waals surface area contributed by atoms with Crippen LogP contribution < -0.4 is 0 Å². The summed E-state index contributed by atoms with van der Waals surface area (Å²) in [7, 11) is -2.05. The SMILES string of the molecule is Cc1ccc(S(=O)(=O)OCC2c3ccccc3C(=O)N(Cc3ccccc3)C2c2cccn2C)cc1. The summed E-state index contributed by atoms with van der Waals surface area (Å²) in [5.41, 5.74) is 4.23. The smallest absolute Gasteiger partial charge is 0.296 e. The molecule has 0 spiro atoms. The van der Waals surface area contributed by atoms with Gasteiger partial charge in [0.1, 0.15) is 0 Å². The molecule has 2 atom stereocenters. The molecule has 6 nitrogen and oxygen atoms in total. The van der Waals surface area contributed by atoms with Crippen molar-refractivity contribution in [3.8, 4) is 0 Å². The number of nitrogens with zero attached hydrogens (tertiary/aromatic N) is 2. The van der Waals surface area contributed by atoms with Crippen LogP contribution in [0.25, 0.3) is 0 Å². The number of amides is 1. The standard InChI is InChI=1S/C29H28N2O4S/c1-21-14-16-23(17-15-21)36(33,34)35-20-26-24-11-6-7-12-25(24)29(32)31(19-22-9-4-3-5-10-22)28(26)27-13-8-18-30(27)2/h3-18,26,28H,19-20H2,1-2H3. The number of carbonyl (C=O) groups is 1. The maximum absolute atomic E-state index is 13.8. The normalized spacial score (nSPS) is 17.7. The second-order valence-corrected chi connectivity index (χ2v) is 10.8. The quantitative estimate of drug-likeness (QED) is 0.326. The number of carbonyl (C=O) groups excluding carboxylic acids is 1. The van der Waals surface area contributed by atoms with E-state index in [9.17, 15) is 13.2 Å². The first-order valence-corrected chi connectivity index (χ1v) is 13.3. The summed E-state index contributed by atoms with van der Waals surface area (Å²) in [6.45, 7) is 2.20. The van der Waals surface area contributed by atoms with Gasteiger partial charge in [-0.3, -0.25) is 8.98 Å². The van der Waals surface area contributed by atoms with Crippen LogP contribution in [0.5, 0.6) is 0 Å². The van der Waals surface area contributed by atoms with Gasteiger partial charge in [0.15, 0.2) is 0 Å². The van der Waals surface area contributed by atoms with Crippen molar-refractivity contribution in [3.05, 3.63) is 125 Å². The third-order valence-corrected chi connectivity index (χ3v) is 8.06. The summed E-state index contributed by atoms with van der Waals surface area (Å²) in [4.78, 5) is 15.7. The summed E-state index contributed by atoms with van der Waals surface area (Å²) in [5.74, 6) is -0.477. The van der Waals surface area contributed by atoms with Crippen LogP contribution in [0.3, 0.4) is 0 Å². The van der Waals surface area contributed by atoms with Gasteiger partial charge in [0.05, 0.1) is 17.5 Å². The lowest BCUT2D eigenvalue weighted by atomic mass is 9.81. The van der Waals surface area contributed by atoms with Crippen LogP contribution in [-0.2, 0) is 27.9 Å². The van der Waals surface area contributed by atoms with Gasteiger partial charge in [-0.05, 0) is 48.4 Å². The van der Waals surface area contributed by atoms with Crippen LogP contribution in [-0.4, -0.2) is 30.4 Å². The van der Waals surface area contributed by atoms with Crippen molar-refractivity contribution in [1.29, 1.82) is 0 Å². The molecule has 0 radical (unpaired) electrons. The molecule has 3 aromatic carbocycles. The van der Waals surface area contributed by atoms with Crippen LogP contribution in [0.4, 0.5) is 0 Å². The van der Waals surface area contributed by atoms with Gasteiger partial charge < -0.3 is 9.47 Å². The van der Waals surface area contributed by atoms with Gasteiger partial charge in [-0.2, -0.15) is 8.42 Å². The molecule has 4 aromatic rings. The minimum absolute atomic E-state index is 0.0849. The molecule has 1 aliphatic rings. The predicted octanol–water partition coefficient (Wildman–Crippen LogP) is 5.22. The number of hydrogen-bond donors (Lipinski definition) is 0. The first-order valence-electron chi connectivity index (χ1n) is 11.9. The highest BCUT2D eigenvalue weighted by molar-refractivity contribution is 7.86. The number of rotatable bonds is 7. The summed E-state index contributed by atoms with van der Waals surface area (Å²) >= 11 is 0. The Kier molecular flexibility index (Phi) is 6.51. The highest BCUT2D eigenvalue weighted by Crippen LogP contribution is 2.44. The zero-order chi connectivity index (χ0) is 25.3. The topological polar surface area (TPSA) is 68.6 Å². The van der Waals surface area contributed by atoms with Gasteiger partial charge in [-0.1, -0.05) is 66.2 Å². The lowest BCUT2D eigenvalue weighted by Gasteiger charge is -2.42. The van der Waals surface area contributed by atoms with Crippen molar-refractivity contribution in [2.24, 2.45) is 7.05 Å². The fourth-order valence-corrected chi connectivity index (χ4v) is 5.83. The van der Waals surface area contributed by atoms with E-state index in [1.807, 2.05) is 90.3 Å². The van der Waals surface area contributed by atoms with E-state index >= 15 is 0 Å². The molecule has 0 saturated carbocycles. The van der Waals surface area contributed by atoms with Crippen molar-refractivity contribution in [2.75, 3.05) is 6.61 Å². The van der Waals surface area contributed by atoms with Crippen LogP contribution in [0.15, 0.2) is 102 Å². The average molecular weight is 501 g/mol. The number of benzene rings is 3. The zero-order valence-electron chi connectivity index (χ0n) is 20.2. The monoisotopic (exact) mass is 500 g/mol. The van der Waals surface area contributed by atoms with Gasteiger partial charge >= 0.3 is 0 Å². The Morgan fingerprint density at radius 1 is 0.861 bits per heavy atom. The lowest BCUT2D eigenvalue weighted by molar-refractivity contribution is 0.0543. The lowest BCUT2D eigenvalue weighted by Crippen LogP contribution is -2.44. The Morgan fingerprint density at radius 2 is 1.56 bits per heavy atom. The molecule has 0 aliphatic carbocycles. The van der Waals surface area contributed by atoms with E-state index in [1.54, 1.807) is 30.3 Å². The molecular formula is C29H28N2O4S. The fourth-order valence-electron chi connectivity index (χ4n) is 4.90. The molecule has 1 amide bonds. The molecular weight excluding hydrogens is 472 g/mol. The van der Waals surface area contributed by atoms with Gasteiger partial charge in [0.2, 0.25) is 0 Å². The first-order chi connectivity index (χ1) is 17.3. The summed E-state index contributed by atoms with van der Waals surface area (Å²) in [6, 6.07) is 27.3. The minimum Gasteiger partial charge on any atom is -0.353 e. The Labute approximate surface area is 211 Å². The molecule has 1 aromatic heterocycles. The molecule has 36 heavy (non-hydrogen) atoms. The van der Waals surface area contributed by atoms with E-state index in [-0.39, 0.29) is 17.4 Å². The minimum atomic E-state index is -3.98. The Bertz CT molecular complexity index is 1480. The van der Waals surface area contributed by atoms with Gasteiger partial charge in [0.25, 0.3) is 16.0 Å². The highest BCUT2D eigenvalue weighted by atomic mass is 32.2. The first kappa shape index (κ1) is 24.0. The summed E-state index contributed by atoms with van der Waals surface area (Å²) in [5, 5.41) is 0. The van der Waals surface area contributed by atoms with Crippen molar-refractivity contribution in [1.82, 2.24) is 9.47 Å². The zero-order valence-corrected chi connectivity index (χ0v) is 21.1. The molecule has 2 unspecified atom stereocenters. The largest absolute Gasteiger partial charge is 0.353 e. The van der Waals surface area contributed by atoms with E-state index in [1.165, 1.54) is 0 Å². The van der Waals surface area contributed by atoms with E-state index in [0.29, 0.717) is 12.1 Å². The van der Waals surface area contributed by atoms with Crippen molar-refractivity contribution in [2.45, 2.75) is 30.3 Å². The summed E-state index contributed by atoms with van der Waals surface area (Å²) < 4.78 is 33.8. The van der Waals surface area contributed by atoms with Crippen molar-refractivity contribution >= 4 is 16.0 Å². The number of hydrogen-bond acceptors (Lipinski definition) is 4. The molecule has 0 fully saturated rings. The van der Waals surface area contributed by atoms with Gasteiger partial charge in [-0.15, -0.1) is 0 Å². The Morgan fingerprint density at radius 3 is 2.25 bits per heavy atom. The predicted molar refractivity (Wildman–Crippen MR) is 138 cm³/mol. The van der Waals surface area contributed by atoms with Crippen molar-refractivity contribution in [3.63, 3.8) is 0 Å². The van der Waals surface area contributed by atoms with Gasteiger partial charge in [0, 0.05) is 37.0 Å². The van der Waals surface area contributed by atoms with Crippen molar-refractivity contribution < 1.29 is 17.4 Å². The third-order valence-electron chi connectivity index (χ3n) is 6.76. The van der Waals surface area contributed by atoms with Crippen LogP contribution in [0.1, 0.15) is 44.7 Å². The molecule has 2 heterocycles. The average Bonchev–Trinajstić information content (AvgIpc) is 3.31. The maximum atomic E-state index is 13.8. The molecule has 7 heteroatoms. The van der Waals surface area contributed by atoms with E-state index in [4.69, 9.17) is 4.18 Å². The van der Waals surface area contributed by atoms with Crippen LogP contribution in [0.2, 0.25) is 0 Å². The number of fused-ring (bicyclic) bond motifs is 1. The van der Waals surface area contributed by atoms with Gasteiger partial charge in [-0.25, -0.2) is 0 Å². The number of aryl methyl sites for hydroxylation is 2. The van der Waals surface area contributed by atoms with Crippen LogP contribution >= 0.6 is 0 Å². The maximum Gasteiger partial charge on any atom is 0.296 e. The summed E-state index contributed by atoms with van der Waals surface area (Å²) in [6.07, 6.45) is 1.93. The molecule has 0 saturated heterocycles. The second kappa shape index (κ2) is 9.76. The third kappa shape index (κ3) is 4.59. The molecule has 184 valence electrons. The van der Waals surface area contributed by atoms with E-state index in [0.717, 1.165) is 22.4 Å². The van der Waals surface area contributed by atoms with Crippen LogP contribution in [0, 0.1) is 6.92 Å². The molecule has 0 bridgehead atoms. The second-order valence-electron chi connectivity index (χ2n) is 9.15. The van der Waals surface area contributed by atoms with E-state index < -0.39 is 22.1 Å². The van der Waals surface area contributed by atoms with E-state index in [2.05, 4.69) is 0 Å². The Balaban J connectivity index is 1.57. The highest BCUT2D eigenvalue weighted by Gasteiger charge is 2.42.